The molecule has 0 aliphatic rings. The number of benzene rings is 1. The maximum absolute atomic E-state index is 12.2. The largest absolute Gasteiger partial charge is 0.422 e. The highest BCUT2D eigenvalue weighted by Crippen LogP contribution is 2.25. The molecular weight excluding hydrogens is 338 g/mol. The Morgan fingerprint density at radius 3 is 2.48 bits per heavy atom. The molecule has 5 nitrogen and oxygen atoms in total. The Bertz CT molecular complexity index is 970. The van der Waals surface area contributed by atoms with E-state index in [-0.39, 0.29) is 16.2 Å². The summed E-state index contributed by atoms with van der Waals surface area (Å²) in [6.45, 7) is 5.82. The summed E-state index contributed by atoms with van der Waals surface area (Å²) in [6, 6.07) is 10.7. The van der Waals surface area contributed by atoms with Gasteiger partial charge in [0.25, 0.3) is 0 Å². The van der Waals surface area contributed by atoms with Gasteiger partial charge in [0.15, 0.2) is 0 Å². The predicted molar refractivity (Wildman–Crippen MR) is 99.2 cm³/mol. The monoisotopic (exact) mass is 353 g/mol. The summed E-state index contributed by atoms with van der Waals surface area (Å²) in [5, 5.41) is 18.3. The van der Waals surface area contributed by atoms with E-state index < -0.39 is 5.63 Å². The maximum Gasteiger partial charge on any atom is 0.345 e. The van der Waals surface area contributed by atoms with Gasteiger partial charge in [0, 0.05) is 30.2 Å². The quantitative estimate of drug-likeness (QED) is 0.457. The number of nitriles is 2. The first kappa shape index (κ1) is 18.3. The number of hydrogen-bond donors (Lipinski definition) is 0. The number of halogens is 1. The predicted octanol–water partition coefficient (Wildman–Crippen LogP) is 4.19. The summed E-state index contributed by atoms with van der Waals surface area (Å²) >= 11 is 6.13. The van der Waals surface area contributed by atoms with Crippen LogP contribution in [0.1, 0.15) is 19.4 Å². The SMILES string of the molecule is CCN(CC)c1ccc2cc(C(Cl)=CC=C(C#N)C#N)c(=O)oc2c1. The zero-order valence-electron chi connectivity index (χ0n) is 13.9. The van der Waals surface area contributed by atoms with Gasteiger partial charge in [-0.05, 0) is 44.2 Å². The summed E-state index contributed by atoms with van der Waals surface area (Å²) in [4.78, 5) is 14.4. The molecule has 0 saturated carbocycles. The van der Waals surface area contributed by atoms with Crippen molar-refractivity contribution in [3.63, 3.8) is 0 Å². The van der Waals surface area contributed by atoms with Crippen molar-refractivity contribution >= 4 is 33.3 Å². The van der Waals surface area contributed by atoms with Crippen LogP contribution in [0.2, 0.25) is 0 Å². The van der Waals surface area contributed by atoms with Crippen LogP contribution in [0.3, 0.4) is 0 Å². The molecular formula is C19H16ClN3O2. The molecule has 0 saturated heterocycles. The molecule has 6 heteroatoms. The van der Waals surface area contributed by atoms with Gasteiger partial charge in [-0.15, -0.1) is 0 Å². The molecule has 0 unspecified atom stereocenters. The Kier molecular flexibility index (Phi) is 6.00. The van der Waals surface area contributed by atoms with Crippen LogP contribution in [0.15, 0.2) is 51.2 Å². The highest BCUT2D eigenvalue weighted by atomic mass is 35.5. The highest BCUT2D eigenvalue weighted by Gasteiger charge is 2.10. The molecule has 25 heavy (non-hydrogen) atoms. The van der Waals surface area contributed by atoms with Crippen LogP contribution >= 0.6 is 11.6 Å². The number of fused-ring (bicyclic) bond motifs is 1. The smallest absolute Gasteiger partial charge is 0.345 e. The molecule has 0 N–H and O–H groups in total. The fourth-order valence-corrected chi connectivity index (χ4v) is 2.59. The molecule has 2 aromatic rings. The lowest BCUT2D eigenvalue weighted by Crippen LogP contribution is -2.21. The summed E-state index contributed by atoms with van der Waals surface area (Å²) in [7, 11) is 0. The standard InChI is InChI=1S/C19H16ClN3O2/c1-3-23(4-2)15-7-6-14-9-16(19(24)25-18(14)10-15)17(20)8-5-13(11-21)12-22/h5-10H,3-4H2,1-2H3. The van der Waals surface area contributed by atoms with Gasteiger partial charge in [-0.2, -0.15) is 10.5 Å². The normalized spacial score (nSPS) is 10.8. The van der Waals surface area contributed by atoms with E-state index in [2.05, 4.69) is 18.7 Å². The van der Waals surface area contributed by atoms with Crippen LogP contribution in [0.5, 0.6) is 0 Å². The van der Waals surface area contributed by atoms with Gasteiger partial charge in [-0.1, -0.05) is 11.6 Å². The Balaban J connectivity index is 2.50. The lowest BCUT2D eigenvalue weighted by atomic mass is 10.1. The number of rotatable bonds is 5. The van der Waals surface area contributed by atoms with E-state index >= 15 is 0 Å². The summed E-state index contributed by atoms with van der Waals surface area (Å²) in [5.41, 5.74) is 0.955. The Morgan fingerprint density at radius 1 is 1.20 bits per heavy atom. The van der Waals surface area contributed by atoms with Gasteiger partial charge in [-0.3, -0.25) is 0 Å². The van der Waals surface area contributed by atoms with Crippen LogP contribution in [-0.4, -0.2) is 13.1 Å². The van der Waals surface area contributed by atoms with Crippen molar-refractivity contribution in [3.05, 3.63) is 58.0 Å². The minimum absolute atomic E-state index is 0.103. The van der Waals surface area contributed by atoms with E-state index in [1.807, 2.05) is 18.2 Å². The molecule has 2 rings (SSSR count). The molecule has 1 aromatic heterocycles. The number of nitrogens with zero attached hydrogens (tertiary/aromatic N) is 3. The molecule has 0 amide bonds. The molecule has 0 atom stereocenters. The maximum atomic E-state index is 12.2. The molecule has 126 valence electrons. The third-order valence-electron chi connectivity index (χ3n) is 3.74. The van der Waals surface area contributed by atoms with Crippen LogP contribution in [-0.2, 0) is 0 Å². The molecule has 0 aliphatic heterocycles. The lowest BCUT2D eigenvalue weighted by Gasteiger charge is -2.21. The molecule has 0 fully saturated rings. The van der Waals surface area contributed by atoms with Gasteiger partial charge >= 0.3 is 5.63 Å². The van der Waals surface area contributed by atoms with Crippen LogP contribution in [0, 0.1) is 22.7 Å². The zero-order chi connectivity index (χ0) is 18.4. The van der Waals surface area contributed by atoms with Crippen molar-refractivity contribution in [1.29, 1.82) is 10.5 Å². The van der Waals surface area contributed by atoms with Gasteiger partial charge in [-0.25, -0.2) is 4.79 Å². The Labute approximate surface area is 150 Å². The first-order chi connectivity index (χ1) is 12.0. The summed E-state index contributed by atoms with van der Waals surface area (Å²) in [6.07, 6.45) is 2.60. The number of anilines is 1. The van der Waals surface area contributed by atoms with Gasteiger partial charge < -0.3 is 9.32 Å². The van der Waals surface area contributed by atoms with Gasteiger partial charge in [0.05, 0.1) is 10.6 Å². The zero-order valence-corrected chi connectivity index (χ0v) is 14.7. The molecule has 1 aromatic carbocycles. The van der Waals surface area contributed by atoms with E-state index in [1.165, 1.54) is 12.2 Å². The average molecular weight is 354 g/mol. The third-order valence-corrected chi connectivity index (χ3v) is 4.07. The first-order valence-corrected chi connectivity index (χ1v) is 8.12. The minimum Gasteiger partial charge on any atom is -0.422 e. The molecule has 0 radical (unpaired) electrons. The average Bonchev–Trinajstić information content (AvgIpc) is 2.62. The Morgan fingerprint density at radius 2 is 1.88 bits per heavy atom. The molecule has 0 spiro atoms. The fraction of sp³-hybridized carbons (Fsp3) is 0.211. The van der Waals surface area contributed by atoms with Gasteiger partial charge in [0.2, 0.25) is 0 Å². The van der Waals surface area contributed by atoms with Crippen molar-refractivity contribution in [2.75, 3.05) is 18.0 Å². The molecule has 1 heterocycles. The van der Waals surface area contributed by atoms with Crippen molar-refractivity contribution in [1.82, 2.24) is 0 Å². The van der Waals surface area contributed by atoms with Crippen LogP contribution < -0.4 is 10.5 Å². The van der Waals surface area contributed by atoms with E-state index in [0.29, 0.717) is 5.58 Å². The van der Waals surface area contributed by atoms with E-state index in [1.54, 1.807) is 18.2 Å². The van der Waals surface area contributed by atoms with Crippen LogP contribution in [0.25, 0.3) is 16.0 Å². The fourth-order valence-electron chi connectivity index (χ4n) is 2.40. The van der Waals surface area contributed by atoms with Crippen molar-refractivity contribution in [2.45, 2.75) is 13.8 Å². The second-order valence-electron chi connectivity index (χ2n) is 5.16. The molecule has 0 aliphatic carbocycles. The van der Waals surface area contributed by atoms with E-state index in [9.17, 15) is 4.79 Å². The van der Waals surface area contributed by atoms with E-state index in [0.717, 1.165) is 24.2 Å². The molecule has 0 bridgehead atoms. The first-order valence-electron chi connectivity index (χ1n) is 7.74. The summed E-state index contributed by atoms with van der Waals surface area (Å²) < 4.78 is 5.40. The second-order valence-corrected chi connectivity index (χ2v) is 5.57. The highest BCUT2D eigenvalue weighted by molar-refractivity contribution is 6.48. The van der Waals surface area contributed by atoms with Crippen molar-refractivity contribution < 1.29 is 4.42 Å². The lowest BCUT2D eigenvalue weighted by molar-refractivity contribution is 0.559. The van der Waals surface area contributed by atoms with Crippen LogP contribution in [0.4, 0.5) is 5.69 Å². The minimum atomic E-state index is -0.575. The Hall–Kier alpha value is -3.02. The second kappa shape index (κ2) is 8.19. The number of allylic oxidation sites excluding steroid dienone is 3. The summed E-state index contributed by atoms with van der Waals surface area (Å²) in [5.74, 6) is 0. The third kappa shape index (κ3) is 4.09. The van der Waals surface area contributed by atoms with E-state index in [4.69, 9.17) is 26.5 Å². The van der Waals surface area contributed by atoms with Crippen molar-refractivity contribution in [3.8, 4) is 12.1 Å². The number of hydrogen-bond acceptors (Lipinski definition) is 5. The topological polar surface area (TPSA) is 81.0 Å². The van der Waals surface area contributed by atoms with Gasteiger partial charge in [0.1, 0.15) is 23.3 Å². The van der Waals surface area contributed by atoms with Crippen molar-refractivity contribution in [2.24, 2.45) is 0 Å².